The summed E-state index contributed by atoms with van der Waals surface area (Å²) in [6.45, 7) is 0.630. The topological polar surface area (TPSA) is 64.1 Å². The number of benzene rings is 2. The highest BCUT2D eigenvalue weighted by Gasteiger charge is 2.25. The highest BCUT2D eigenvalue weighted by molar-refractivity contribution is 5.86. The number of quaternary nitrogens is 1. The van der Waals surface area contributed by atoms with E-state index in [1.54, 1.807) is 19.2 Å². The molecule has 5 heteroatoms. The molecule has 29 heavy (non-hydrogen) atoms. The summed E-state index contributed by atoms with van der Waals surface area (Å²) < 4.78 is 11.4. The van der Waals surface area contributed by atoms with Crippen molar-refractivity contribution >= 4 is 11.0 Å². The zero-order valence-electron chi connectivity index (χ0n) is 17.0. The Balaban J connectivity index is 1.76. The van der Waals surface area contributed by atoms with Crippen LogP contribution in [0.2, 0.25) is 0 Å². The van der Waals surface area contributed by atoms with Gasteiger partial charge in [-0.05, 0) is 43.9 Å². The van der Waals surface area contributed by atoms with Crippen molar-refractivity contribution in [2.24, 2.45) is 0 Å². The number of nitrogens with one attached hydrogen (secondary N) is 1. The SMILES string of the molecule is COc1ccccc1-c1coc2c(C[NH+](C)C3CCCCC3)c(O)ccc2c1=O. The van der Waals surface area contributed by atoms with Gasteiger partial charge in [0, 0.05) is 5.56 Å². The van der Waals surface area contributed by atoms with Crippen LogP contribution < -0.4 is 15.1 Å². The fourth-order valence-corrected chi connectivity index (χ4v) is 4.49. The Morgan fingerprint density at radius 3 is 2.62 bits per heavy atom. The molecule has 152 valence electrons. The van der Waals surface area contributed by atoms with E-state index in [9.17, 15) is 9.90 Å². The fourth-order valence-electron chi connectivity index (χ4n) is 4.49. The van der Waals surface area contributed by atoms with E-state index in [0.29, 0.717) is 46.0 Å². The van der Waals surface area contributed by atoms with Crippen LogP contribution in [-0.4, -0.2) is 25.3 Å². The van der Waals surface area contributed by atoms with Crippen LogP contribution in [0.3, 0.4) is 0 Å². The number of para-hydroxylation sites is 1. The Labute approximate surface area is 170 Å². The van der Waals surface area contributed by atoms with Crippen molar-refractivity contribution in [2.75, 3.05) is 14.2 Å². The van der Waals surface area contributed by atoms with Gasteiger partial charge in [-0.3, -0.25) is 4.79 Å². The van der Waals surface area contributed by atoms with Crippen molar-refractivity contribution in [3.05, 3.63) is 58.4 Å². The zero-order chi connectivity index (χ0) is 20.4. The molecule has 0 amide bonds. The Hall–Kier alpha value is -2.79. The third-order valence-electron chi connectivity index (χ3n) is 6.17. The van der Waals surface area contributed by atoms with E-state index < -0.39 is 0 Å². The van der Waals surface area contributed by atoms with Gasteiger partial charge in [0.15, 0.2) is 0 Å². The van der Waals surface area contributed by atoms with Gasteiger partial charge in [-0.15, -0.1) is 0 Å². The first kappa shape index (κ1) is 19.5. The third kappa shape index (κ3) is 3.75. The summed E-state index contributed by atoms with van der Waals surface area (Å²) in [5, 5.41) is 11.0. The minimum atomic E-state index is -0.118. The smallest absolute Gasteiger partial charge is 0.200 e. The molecule has 5 nitrogen and oxygen atoms in total. The largest absolute Gasteiger partial charge is 0.507 e. The van der Waals surface area contributed by atoms with Crippen LogP contribution >= 0.6 is 0 Å². The van der Waals surface area contributed by atoms with E-state index in [0.717, 1.165) is 0 Å². The summed E-state index contributed by atoms with van der Waals surface area (Å²) in [6, 6.07) is 11.2. The van der Waals surface area contributed by atoms with Gasteiger partial charge < -0.3 is 19.2 Å². The van der Waals surface area contributed by atoms with Crippen LogP contribution in [0, 0.1) is 0 Å². The molecule has 1 fully saturated rings. The lowest BCUT2D eigenvalue weighted by Gasteiger charge is -2.28. The number of aromatic hydroxyl groups is 1. The van der Waals surface area contributed by atoms with Crippen molar-refractivity contribution < 1.29 is 19.2 Å². The van der Waals surface area contributed by atoms with E-state index in [2.05, 4.69) is 7.05 Å². The predicted octanol–water partition coefficient (Wildman–Crippen LogP) is 3.52. The van der Waals surface area contributed by atoms with E-state index in [1.807, 2.05) is 24.3 Å². The molecular weight excluding hydrogens is 366 g/mol. The molecule has 0 radical (unpaired) electrons. The Bertz CT molecular complexity index is 1070. The monoisotopic (exact) mass is 394 g/mol. The highest BCUT2D eigenvalue weighted by atomic mass is 16.5. The minimum Gasteiger partial charge on any atom is -0.507 e. The van der Waals surface area contributed by atoms with E-state index in [4.69, 9.17) is 9.15 Å². The first-order chi connectivity index (χ1) is 14.1. The summed E-state index contributed by atoms with van der Waals surface area (Å²) >= 11 is 0. The zero-order valence-corrected chi connectivity index (χ0v) is 17.0. The molecule has 1 aromatic heterocycles. The highest BCUT2D eigenvalue weighted by Crippen LogP contribution is 2.31. The molecule has 1 unspecified atom stereocenters. The second-order valence-electron chi connectivity index (χ2n) is 7.98. The molecule has 4 rings (SSSR count). The predicted molar refractivity (Wildman–Crippen MR) is 114 cm³/mol. The lowest BCUT2D eigenvalue weighted by Crippen LogP contribution is -3.11. The van der Waals surface area contributed by atoms with Crippen LogP contribution in [0.15, 0.2) is 51.9 Å². The lowest BCUT2D eigenvalue weighted by atomic mass is 9.94. The molecular formula is C24H28NO4+. The van der Waals surface area contributed by atoms with Crippen molar-refractivity contribution in [2.45, 2.75) is 44.7 Å². The maximum atomic E-state index is 13.2. The van der Waals surface area contributed by atoms with Crippen LogP contribution in [0.4, 0.5) is 0 Å². The number of phenolic OH excluding ortho intramolecular Hbond substituents is 1. The first-order valence-electron chi connectivity index (χ1n) is 10.3. The van der Waals surface area contributed by atoms with Gasteiger partial charge in [0.25, 0.3) is 0 Å². The van der Waals surface area contributed by atoms with Gasteiger partial charge in [-0.2, -0.15) is 0 Å². The molecule has 2 N–H and O–H groups in total. The number of ether oxygens (including phenoxy) is 1. The van der Waals surface area contributed by atoms with E-state index >= 15 is 0 Å². The van der Waals surface area contributed by atoms with Crippen LogP contribution in [0.25, 0.3) is 22.1 Å². The van der Waals surface area contributed by atoms with Gasteiger partial charge in [0.1, 0.15) is 29.9 Å². The van der Waals surface area contributed by atoms with Gasteiger partial charge in [-0.1, -0.05) is 24.6 Å². The van der Waals surface area contributed by atoms with E-state index in [1.165, 1.54) is 43.3 Å². The summed E-state index contributed by atoms with van der Waals surface area (Å²) in [5.41, 5.74) is 2.22. The Morgan fingerprint density at radius 2 is 1.86 bits per heavy atom. The number of methoxy groups -OCH3 is 1. The number of rotatable bonds is 5. The van der Waals surface area contributed by atoms with E-state index in [-0.39, 0.29) is 11.2 Å². The third-order valence-corrected chi connectivity index (χ3v) is 6.17. The second-order valence-corrected chi connectivity index (χ2v) is 7.98. The maximum absolute atomic E-state index is 13.2. The quantitative estimate of drug-likeness (QED) is 0.695. The van der Waals surface area contributed by atoms with Crippen molar-refractivity contribution in [3.8, 4) is 22.6 Å². The van der Waals surface area contributed by atoms with Crippen LogP contribution in [0.5, 0.6) is 11.5 Å². The van der Waals surface area contributed by atoms with Gasteiger partial charge in [0.2, 0.25) is 5.43 Å². The Kier molecular flexibility index (Phi) is 5.58. The average molecular weight is 394 g/mol. The number of fused-ring (bicyclic) bond motifs is 1. The number of hydrogen-bond acceptors (Lipinski definition) is 4. The molecule has 0 saturated heterocycles. The molecule has 3 aromatic rings. The molecule has 0 aliphatic heterocycles. The summed E-state index contributed by atoms with van der Waals surface area (Å²) in [5.74, 6) is 0.806. The number of hydrogen-bond donors (Lipinski definition) is 2. The molecule has 1 heterocycles. The molecule has 0 spiro atoms. The minimum absolute atomic E-state index is 0.118. The van der Waals surface area contributed by atoms with Gasteiger partial charge >= 0.3 is 0 Å². The van der Waals surface area contributed by atoms with Crippen LogP contribution in [0.1, 0.15) is 37.7 Å². The molecule has 2 aromatic carbocycles. The van der Waals surface area contributed by atoms with Crippen molar-refractivity contribution in [3.63, 3.8) is 0 Å². The first-order valence-corrected chi connectivity index (χ1v) is 10.3. The summed E-state index contributed by atoms with van der Waals surface area (Å²) in [4.78, 5) is 14.6. The fraction of sp³-hybridized carbons (Fsp3) is 0.375. The normalized spacial score (nSPS) is 16.1. The summed E-state index contributed by atoms with van der Waals surface area (Å²) in [6.07, 6.45) is 7.74. The van der Waals surface area contributed by atoms with Crippen molar-refractivity contribution in [1.82, 2.24) is 0 Å². The van der Waals surface area contributed by atoms with Crippen LogP contribution in [-0.2, 0) is 6.54 Å². The van der Waals surface area contributed by atoms with Crippen molar-refractivity contribution in [1.29, 1.82) is 0 Å². The number of phenols is 1. The molecule has 1 saturated carbocycles. The maximum Gasteiger partial charge on any atom is 0.200 e. The average Bonchev–Trinajstić information content (AvgIpc) is 2.76. The van der Waals surface area contributed by atoms with Gasteiger partial charge in [0.05, 0.1) is 36.7 Å². The van der Waals surface area contributed by atoms with Gasteiger partial charge in [-0.25, -0.2) is 0 Å². The lowest BCUT2D eigenvalue weighted by molar-refractivity contribution is -0.921. The standard InChI is InChI=1S/C24H27NO4/c1-25(16-8-4-3-5-9-16)14-19-21(26)13-12-18-23(27)20(15-29-24(18)19)17-10-6-7-11-22(17)28-2/h6-7,10-13,15-16,26H,3-5,8-9,14H2,1-2H3/p+1. The summed E-state index contributed by atoms with van der Waals surface area (Å²) in [7, 11) is 3.75. The Morgan fingerprint density at radius 1 is 1.10 bits per heavy atom. The molecule has 1 atom stereocenters. The second kappa shape index (κ2) is 8.29. The molecule has 1 aliphatic rings. The molecule has 1 aliphatic carbocycles. The molecule has 0 bridgehead atoms.